The minimum atomic E-state index is -0.727. The number of aliphatic hydroxyl groups is 1. The molecule has 0 aromatic rings. The molecule has 0 saturated heterocycles. The molecule has 1 aliphatic carbocycles. The molecular formula is C5H9FOW. The SMILES string of the molecule is OC1CCC(F)C1.[W]. The molecule has 0 amide bonds. The van der Waals surface area contributed by atoms with Crippen LogP contribution in [0.25, 0.3) is 0 Å². The van der Waals surface area contributed by atoms with E-state index in [0.717, 1.165) is 0 Å². The molecule has 1 aliphatic rings. The smallest absolute Gasteiger partial charge is 0.103 e. The van der Waals surface area contributed by atoms with E-state index in [1.54, 1.807) is 0 Å². The van der Waals surface area contributed by atoms with Crippen molar-refractivity contribution >= 4 is 0 Å². The molecule has 0 aliphatic heterocycles. The summed E-state index contributed by atoms with van der Waals surface area (Å²) in [5.74, 6) is 0. The van der Waals surface area contributed by atoms with Crippen LogP contribution in [0, 0.1) is 0 Å². The molecule has 2 unspecified atom stereocenters. The molecule has 3 heteroatoms. The van der Waals surface area contributed by atoms with Gasteiger partial charge in [-0.3, -0.25) is 0 Å². The van der Waals surface area contributed by atoms with Crippen LogP contribution in [0.3, 0.4) is 0 Å². The van der Waals surface area contributed by atoms with Gasteiger partial charge in [0, 0.05) is 27.5 Å². The van der Waals surface area contributed by atoms with Gasteiger partial charge in [-0.1, -0.05) is 0 Å². The van der Waals surface area contributed by atoms with Gasteiger partial charge in [-0.2, -0.15) is 0 Å². The van der Waals surface area contributed by atoms with E-state index in [0.29, 0.717) is 19.3 Å². The second-order valence-corrected chi connectivity index (χ2v) is 2.06. The van der Waals surface area contributed by atoms with Crippen LogP contribution in [0.2, 0.25) is 0 Å². The van der Waals surface area contributed by atoms with Crippen molar-refractivity contribution in [1.82, 2.24) is 0 Å². The van der Waals surface area contributed by atoms with E-state index in [-0.39, 0.29) is 27.2 Å². The average Bonchev–Trinajstić information content (AvgIpc) is 1.87. The minimum absolute atomic E-state index is 0. The molecule has 1 nitrogen and oxygen atoms in total. The van der Waals surface area contributed by atoms with Crippen LogP contribution in [0.15, 0.2) is 0 Å². The molecule has 0 aromatic heterocycles. The Hall–Kier alpha value is 0.578. The summed E-state index contributed by atoms with van der Waals surface area (Å²) < 4.78 is 12.0. The van der Waals surface area contributed by atoms with Crippen molar-refractivity contribution in [3.05, 3.63) is 0 Å². The first-order valence-corrected chi connectivity index (χ1v) is 2.61. The molecule has 1 rings (SSSR count). The Balaban J connectivity index is 0.000000490. The van der Waals surface area contributed by atoms with Gasteiger partial charge in [0.25, 0.3) is 0 Å². The summed E-state index contributed by atoms with van der Waals surface area (Å²) in [4.78, 5) is 0. The fourth-order valence-electron chi connectivity index (χ4n) is 0.904. The van der Waals surface area contributed by atoms with Crippen molar-refractivity contribution in [2.75, 3.05) is 0 Å². The maximum Gasteiger partial charge on any atom is 0.103 e. The van der Waals surface area contributed by atoms with Crippen molar-refractivity contribution in [3.63, 3.8) is 0 Å². The molecule has 1 saturated carbocycles. The first-order chi connectivity index (χ1) is 3.29. The van der Waals surface area contributed by atoms with Gasteiger partial charge in [-0.15, -0.1) is 0 Å². The number of rotatable bonds is 0. The van der Waals surface area contributed by atoms with E-state index >= 15 is 0 Å². The Morgan fingerprint density at radius 1 is 1.38 bits per heavy atom. The third-order valence-corrected chi connectivity index (χ3v) is 1.34. The Kier molecular flexibility index (Phi) is 3.83. The normalized spacial score (nSPS) is 36.8. The van der Waals surface area contributed by atoms with Gasteiger partial charge in [0.2, 0.25) is 0 Å². The van der Waals surface area contributed by atoms with Gasteiger partial charge < -0.3 is 5.11 Å². The number of alkyl halides is 1. The van der Waals surface area contributed by atoms with E-state index in [2.05, 4.69) is 0 Å². The van der Waals surface area contributed by atoms with Gasteiger partial charge in [-0.25, -0.2) is 4.39 Å². The Labute approximate surface area is 62.5 Å². The summed E-state index contributed by atoms with van der Waals surface area (Å²) in [6.45, 7) is 0. The molecule has 1 N–H and O–H groups in total. The van der Waals surface area contributed by atoms with Crippen LogP contribution in [0.1, 0.15) is 19.3 Å². The molecule has 1 fully saturated rings. The fraction of sp³-hybridized carbons (Fsp3) is 1.00. The minimum Gasteiger partial charge on any atom is -0.393 e. The molecule has 0 aromatic carbocycles. The summed E-state index contributed by atoms with van der Waals surface area (Å²) in [7, 11) is 0. The predicted molar refractivity (Wildman–Crippen MR) is 24.8 cm³/mol. The third kappa shape index (κ3) is 2.23. The zero-order valence-electron chi connectivity index (χ0n) is 4.51. The van der Waals surface area contributed by atoms with Crippen LogP contribution in [-0.4, -0.2) is 17.4 Å². The van der Waals surface area contributed by atoms with Crippen molar-refractivity contribution < 1.29 is 30.6 Å². The van der Waals surface area contributed by atoms with Crippen LogP contribution < -0.4 is 0 Å². The van der Waals surface area contributed by atoms with Crippen LogP contribution in [0.5, 0.6) is 0 Å². The summed E-state index contributed by atoms with van der Waals surface area (Å²) in [5, 5.41) is 8.66. The van der Waals surface area contributed by atoms with E-state index in [4.69, 9.17) is 5.11 Å². The van der Waals surface area contributed by atoms with E-state index < -0.39 is 6.17 Å². The second kappa shape index (κ2) is 3.57. The number of aliphatic hydroxyl groups excluding tert-OH is 1. The zero-order valence-corrected chi connectivity index (χ0v) is 7.44. The predicted octanol–water partition coefficient (Wildman–Crippen LogP) is 0.867. The Morgan fingerprint density at radius 2 is 2.00 bits per heavy atom. The summed E-state index contributed by atoms with van der Waals surface area (Å²) >= 11 is 0. The molecule has 48 valence electrons. The Bertz CT molecular complexity index is 61.4. The van der Waals surface area contributed by atoms with Crippen LogP contribution in [-0.2, 0) is 21.1 Å². The van der Waals surface area contributed by atoms with Gasteiger partial charge in [0.15, 0.2) is 0 Å². The first kappa shape index (κ1) is 8.58. The molecule has 8 heavy (non-hydrogen) atoms. The van der Waals surface area contributed by atoms with Crippen molar-refractivity contribution in [2.45, 2.75) is 31.5 Å². The molecular weight excluding hydrogens is 279 g/mol. The topological polar surface area (TPSA) is 20.2 Å². The van der Waals surface area contributed by atoms with Gasteiger partial charge in [0.1, 0.15) is 6.17 Å². The standard InChI is InChI=1S/C5H9FO.W/c6-4-1-2-5(7)3-4;/h4-5,7H,1-3H2;. The number of hydrogen-bond donors (Lipinski definition) is 1. The molecule has 2 atom stereocenters. The van der Waals surface area contributed by atoms with Gasteiger partial charge in [0.05, 0.1) is 6.10 Å². The molecule has 0 heterocycles. The fourth-order valence-corrected chi connectivity index (χ4v) is 0.904. The summed E-state index contributed by atoms with van der Waals surface area (Å²) in [6.07, 6.45) is 0.493. The number of halogens is 1. The van der Waals surface area contributed by atoms with Crippen LogP contribution >= 0.6 is 0 Å². The van der Waals surface area contributed by atoms with Gasteiger partial charge in [-0.05, 0) is 12.8 Å². The molecule has 0 radical (unpaired) electrons. The first-order valence-electron chi connectivity index (χ1n) is 2.61. The summed E-state index contributed by atoms with van der Waals surface area (Å²) in [5.41, 5.74) is 0. The maximum absolute atomic E-state index is 12.0. The summed E-state index contributed by atoms with van der Waals surface area (Å²) in [6, 6.07) is 0. The van der Waals surface area contributed by atoms with Crippen molar-refractivity contribution in [2.24, 2.45) is 0 Å². The largest absolute Gasteiger partial charge is 0.393 e. The zero-order chi connectivity index (χ0) is 5.28. The van der Waals surface area contributed by atoms with E-state index in [1.807, 2.05) is 0 Å². The van der Waals surface area contributed by atoms with E-state index in [9.17, 15) is 4.39 Å². The monoisotopic (exact) mass is 288 g/mol. The maximum atomic E-state index is 12.0. The third-order valence-electron chi connectivity index (χ3n) is 1.34. The van der Waals surface area contributed by atoms with Crippen molar-refractivity contribution in [1.29, 1.82) is 0 Å². The van der Waals surface area contributed by atoms with Gasteiger partial charge >= 0.3 is 0 Å². The van der Waals surface area contributed by atoms with Crippen molar-refractivity contribution in [3.8, 4) is 0 Å². The van der Waals surface area contributed by atoms with E-state index in [1.165, 1.54) is 0 Å². The van der Waals surface area contributed by atoms with Crippen LogP contribution in [0.4, 0.5) is 4.39 Å². The Morgan fingerprint density at radius 3 is 2.12 bits per heavy atom. The molecule has 0 bridgehead atoms. The second-order valence-electron chi connectivity index (χ2n) is 2.06. The molecule has 0 spiro atoms. The quantitative estimate of drug-likeness (QED) is 0.701. The number of hydrogen-bond acceptors (Lipinski definition) is 1. The average molecular weight is 288 g/mol.